The molecule has 7 nitrogen and oxygen atoms in total. The van der Waals surface area contributed by atoms with Crippen molar-refractivity contribution >= 4 is 21.9 Å². The second kappa shape index (κ2) is 10.1. The molecule has 1 heterocycles. The van der Waals surface area contributed by atoms with E-state index in [2.05, 4.69) is 0 Å². The van der Waals surface area contributed by atoms with Crippen molar-refractivity contribution in [2.45, 2.75) is 96.9 Å². The molecule has 174 valence electrons. The predicted octanol–water partition coefficient (Wildman–Crippen LogP) is 3.75. The normalized spacial score (nSPS) is 18.8. The first kappa shape index (κ1) is 25.3. The first-order valence-corrected chi connectivity index (χ1v) is 12.5. The number of sulfonamides is 1. The molecular formula is C23H36N2O5S. The number of esters is 1. The van der Waals surface area contributed by atoms with E-state index in [1.807, 2.05) is 34.6 Å². The van der Waals surface area contributed by atoms with Gasteiger partial charge in [-0.2, -0.15) is 4.31 Å². The molecule has 0 aliphatic carbocycles. The monoisotopic (exact) mass is 452 g/mol. The van der Waals surface area contributed by atoms with Crippen LogP contribution in [-0.2, 0) is 19.6 Å². The van der Waals surface area contributed by atoms with Gasteiger partial charge in [0.15, 0.2) is 6.10 Å². The highest BCUT2D eigenvalue weighted by molar-refractivity contribution is 7.89. The van der Waals surface area contributed by atoms with Gasteiger partial charge < -0.3 is 9.64 Å². The van der Waals surface area contributed by atoms with Gasteiger partial charge >= 0.3 is 5.97 Å². The van der Waals surface area contributed by atoms with Crippen molar-refractivity contribution in [2.75, 3.05) is 6.54 Å². The molecule has 1 aromatic carbocycles. The third kappa shape index (κ3) is 5.66. The molecule has 1 saturated heterocycles. The molecule has 0 aromatic heterocycles. The molecule has 2 unspecified atom stereocenters. The minimum atomic E-state index is -3.71. The molecule has 1 aliphatic heterocycles. The molecular weight excluding hydrogens is 416 g/mol. The van der Waals surface area contributed by atoms with E-state index >= 15 is 0 Å². The third-order valence-corrected chi connectivity index (χ3v) is 7.79. The Labute approximate surface area is 186 Å². The molecule has 1 fully saturated rings. The van der Waals surface area contributed by atoms with E-state index in [9.17, 15) is 18.0 Å². The number of aryl methyl sites for hydroxylation is 1. The second-order valence-electron chi connectivity index (χ2n) is 8.92. The van der Waals surface area contributed by atoms with Crippen molar-refractivity contribution in [3.8, 4) is 0 Å². The Bertz CT molecular complexity index is 903. The van der Waals surface area contributed by atoms with Crippen LogP contribution in [0.3, 0.4) is 0 Å². The van der Waals surface area contributed by atoms with E-state index in [0.29, 0.717) is 12.1 Å². The van der Waals surface area contributed by atoms with Gasteiger partial charge in [-0.05, 0) is 79.0 Å². The van der Waals surface area contributed by atoms with Crippen LogP contribution < -0.4 is 0 Å². The fraction of sp³-hybridized carbons (Fsp3) is 0.652. The molecule has 0 radical (unpaired) electrons. The van der Waals surface area contributed by atoms with E-state index < -0.39 is 22.1 Å². The van der Waals surface area contributed by atoms with Crippen molar-refractivity contribution in [1.29, 1.82) is 0 Å². The molecule has 8 heteroatoms. The van der Waals surface area contributed by atoms with E-state index in [0.717, 1.165) is 19.3 Å². The van der Waals surface area contributed by atoms with Gasteiger partial charge in [0.25, 0.3) is 5.91 Å². The zero-order valence-corrected chi connectivity index (χ0v) is 20.5. The van der Waals surface area contributed by atoms with Crippen LogP contribution in [0, 0.1) is 6.92 Å². The average molecular weight is 453 g/mol. The smallest absolute Gasteiger partial charge is 0.339 e. The number of ether oxygens (including phenoxy) is 1. The summed E-state index contributed by atoms with van der Waals surface area (Å²) in [6.45, 7) is 13.3. The maximum atomic E-state index is 13.2. The maximum Gasteiger partial charge on any atom is 0.339 e. The van der Waals surface area contributed by atoms with Crippen LogP contribution in [0.4, 0.5) is 0 Å². The fourth-order valence-corrected chi connectivity index (χ4v) is 5.86. The van der Waals surface area contributed by atoms with Crippen LogP contribution in [0.5, 0.6) is 0 Å². The lowest BCUT2D eigenvalue weighted by Crippen LogP contribution is -2.47. The molecule has 2 atom stereocenters. The van der Waals surface area contributed by atoms with Crippen LogP contribution in [0.2, 0.25) is 0 Å². The molecule has 2 rings (SSSR count). The van der Waals surface area contributed by atoms with Crippen LogP contribution in [0.1, 0.15) is 76.7 Å². The van der Waals surface area contributed by atoms with Gasteiger partial charge in [-0.15, -0.1) is 0 Å². The lowest BCUT2D eigenvalue weighted by Gasteiger charge is -2.33. The van der Waals surface area contributed by atoms with Crippen molar-refractivity contribution in [1.82, 2.24) is 9.21 Å². The summed E-state index contributed by atoms with van der Waals surface area (Å²) in [6.07, 6.45) is 1.68. The van der Waals surface area contributed by atoms with E-state index in [1.165, 1.54) is 16.4 Å². The molecule has 1 amide bonds. The summed E-state index contributed by atoms with van der Waals surface area (Å²) >= 11 is 0. The van der Waals surface area contributed by atoms with Gasteiger partial charge in [-0.3, -0.25) is 4.79 Å². The summed E-state index contributed by atoms with van der Waals surface area (Å²) in [5, 5.41) is 0. The Morgan fingerprint density at radius 2 is 1.71 bits per heavy atom. The molecule has 0 N–H and O–H groups in total. The summed E-state index contributed by atoms with van der Waals surface area (Å²) in [5.74, 6) is -0.975. The van der Waals surface area contributed by atoms with Crippen molar-refractivity contribution < 1.29 is 22.7 Å². The lowest BCUT2D eigenvalue weighted by molar-refractivity contribution is -0.143. The van der Waals surface area contributed by atoms with Gasteiger partial charge in [0.1, 0.15) is 0 Å². The first-order valence-electron chi connectivity index (χ1n) is 11.0. The van der Waals surface area contributed by atoms with Crippen molar-refractivity contribution in [3.63, 3.8) is 0 Å². The minimum absolute atomic E-state index is 0.0320. The number of carbonyl (C=O) groups is 2. The average Bonchev–Trinajstić information content (AvgIpc) is 2.67. The van der Waals surface area contributed by atoms with Gasteiger partial charge in [0.2, 0.25) is 10.0 Å². The van der Waals surface area contributed by atoms with E-state index in [-0.39, 0.29) is 34.5 Å². The highest BCUT2D eigenvalue weighted by atomic mass is 32.2. The van der Waals surface area contributed by atoms with Crippen LogP contribution in [0.15, 0.2) is 23.1 Å². The van der Waals surface area contributed by atoms with Crippen molar-refractivity contribution in [3.05, 3.63) is 29.3 Å². The third-order valence-electron chi connectivity index (χ3n) is 5.78. The first-order chi connectivity index (χ1) is 14.4. The molecule has 1 aliphatic rings. The SMILES string of the molecule is Cc1ccc(S(=O)(=O)N2CCCCC2C)cc1C(=O)OC(C)C(=O)N(C(C)C)C(C)C. The molecule has 0 saturated carbocycles. The highest BCUT2D eigenvalue weighted by Crippen LogP contribution is 2.27. The number of benzene rings is 1. The van der Waals surface area contributed by atoms with Crippen LogP contribution in [0.25, 0.3) is 0 Å². The zero-order chi connectivity index (χ0) is 23.5. The van der Waals surface area contributed by atoms with E-state index in [4.69, 9.17) is 4.74 Å². The number of amides is 1. The van der Waals surface area contributed by atoms with Crippen molar-refractivity contribution in [2.24, 2.45) is 0 Å². The number of piperidine rings is 1. The summed E-state index contributed by atoms with van der Waals surface area (Å²) < 4.78 is 33.3. The quantitative estimate of drug-likeness (QED) is 0.588. The Hall–Kier alpha value is -1.93. The highest BCUT2D eigenvalue weighted by Gasteiger charge is 2.32. The largest absolute Gasteiger partial charge is 0.449 e. The predicted molar refractivity (Wildman–Crippen MR) is 120 cm³/mol. The van der Waals surface area contributed by atoms with Gasteiger partial charge in [0.05, 0.1) is 10.5 Å². The molecule has 31 heavy (non-hydrogen) atoms. The zero-order valence-electron chi connectivity index (χ0n) is 19.7. The Morgan fingerprint density at radius 3 is 2.26 bits per heavy atom. The molecule has 1 aromatic rings. The Balaban J connectivity index is 2.27. The number of hydrogen-bond donors (Lipinski definition) is 0. The summed E-state index contributed by atoms with van der Waals surface area (Å²) in [4.78, 5) is 27.4. The number of rotatable bonds is 7. The Kier molecular flexibility index (Phi) is 8.27. The maximum absolute atomic E-state index is 13.2. The summed E-state index contributed by atoms with van der Waals surface area (Å²) in [5.41, 5.74) is 0.755. The fourth-order valence-electron chi connectivity index (χ4n) is 4.14. The topological polar surface area (TPSA) is 84.0 Å². The summed E-state index contributed by atoms with van der Waals surface area (Å²) in [6, 6.07) is 4.36. The minimum Gasteiger partial charge on any atom is -0.449 e. The van der Waals surface area contributed by atoms with Gasteiger partial charge in [0, 0.05) is 24.7 Å². The summed E-state index contributed by atoms with van der Waals surface area (Å²) in [7, 11) is -3.71. The lowest BCUT2D eigenvalue weighted by atomic mass is 10.1. The number of nitrogens with zero attached hydrogens (tertiary/aromatic N) is 2. The van der Waals surface area contributed by atoms with Gasteiger partial charge in [-0.25, -0.2) is 13.2 Å². The number of hydrogen-bond acceptors (Lipinski definition) is 5. The standard InChI is InChI=1S/C23H36N2O5S/c1-15(2)25(16(3)4)22(26)19(7)30-23(27)21-14-20(12-11-17(21)5)31(28,29)24-13-9-8-10-18(24)6/h11-12,14-16,18-19H,8-10,13H2,1-7H3. The van der Waals surface area contributed by atoms with E-state index in [1.54, 1.807) is 24.8 Å². The molecule has 0 spiro atoms. The van der Waals surface area contributed by atoms with Crippen LogP contribution >= 0.6 is 0 Å². The number of carbonyl (C=O) groups excluding carboxylic acids is 2. The Morgan fingerprint density at radius 1 is 1.10 bits per heavy atom. The van der Waals surface area contributed by atoms with Crippen LogP contribution in [-0.4, -0.2) is 60.3 Å². The second-order valence-corrected chi connectivity index (χ2v) is 10.8. The van der Waals surface area contributed by atoms with Gasteiger partial charge in [-0.1, -0.05) is 12.5 Å². The molecule has 0 bridgehead atoms.